The number of benzene rings is 2. The molecule has 0 amide bonds. The third kappa shape index (κ3) is 3.01. The van der Waals surface area contributed by atoms with E-state index in [1.807, 2.05) is 0 Å². The smallest absolute Gasteiger partial charge is 0.142 e. The average molecular weight is 322 g/mol. The van der Waals surface area contributed by atoms with Gasteiger partial charge in [-0.15, -0.1) is 0 Å². The number of fused-ring (bicyclic) bond motifs is 2. The summed E-state index contributed by atoms with van der Waals surface area (Å²) >= 11 is 0. The molecule has 2 heterocycles. The summed E-state index contributed by atoms with van der Waals surface area (Å²) in [5.41, 5.74) is 2.68. The number of nitrogens with zero attached hydrogens (tertiary/aromatic N) is 2. The number of piperazine rings is 1. The first kappa shape index (κ1) is 15.5. The van der Waals surface area contributed by atoms with Crippen LogP contribution >= 0.6 is 0 Å². The molecule has 0 N–H and O–H groups in total. The molecule has 2 fully saturated rings. The van der Waals surface area contributed by atoms with Crippen LogP contribution in [0.15, 0.2) is 54.6 Å². The second-order valence-corrected chi connectivity index (χ2v) is 6.97. The van der Waals surface area contributed by atoms with Crippen molar-refractivity contribution in [2.75, 3.05) is 25.1 Å². The van der Waals surface area contributed by atoms with Crippen LogP contribution in [0.5, 0.6) is 5.75 Å². The van der Waals surface area contributed by atoms with Crippen molar-refractivity contribution in [1.29, 1.82) is 0 Å². The lowest BCUT2D eigenvalue weighted by Gasteiger charge is -2.51. The van der Waals surface area contributed by atoms with E-state index in [-0.39, 0.29) is 0 Å². The summed E-state index contributed by atoms with van der Waals surface area (Å²) in [6.07, 6.45) is 3.96. The highest BCUT2D eigenvalue weighted by Crippen LogP contribution is 2.35. The summed E-state index contributed by atoms with van der Waals surface area (Å²) in [7, 11) is 1.77. The molecule has 2 aromatic carbocycles. The molecule has 2 saturated heterocycles. The number of piperidine rings is 1. The van der Waals surface area contributed by atoms with Crippen LogP contribution in [0.2, 0.25) is 0 Å². The van der Waals surface area contributed by atoms with Crippen LogP contribution in [0.4, 0.5) is 5.69 Å². The molecule has 0 aromatic heterocycles. The molecule has 3 nitrogen and oxygen atoms in total. The van der Waals surface area contributed by atoms with Crippen molar-refractivity contribution in [2.45, 2.75) is 37.9 Å². The Hall–Kier alpha value is -2.00. The zero-order valence-corrected chi connectivity index (χ0v) is 14.4. The number of hydrogen-bond acceptors (Lipinski definition) is 3. The van der Waals surface area contributed by atoms with E-state index in [1.54, 1.807) is 7.11 Å². The molecule has 0 saturated carbocycles. The van der Waals surface area contributed by atoms with Crippen LogP contribution in [0.25, 0.3) is 0 Å². The zero-order valence-electron chi connectivity index (χ0n) is 14.4. The predicted molar refractivity (Wildman–Crippen MR) is 98.6 cm³/mol. The number of para-hydroxylation sites is 2. The fraction of sp³-hybridized carbons (Fsp3) is 0.429. The van der Waals surface area contributed by atoms with Gasteiger partial charge in [0, 0.05) is 31.7 Å². The fourth-order valence-electron chi connectivity index (χ4n) is 4.33. The SMILES string of the molecule is COc1ccccc1N1CC2CCCC(C1)N2Cc1ccccc1. The Labute approximate surface area is 144 Å². The molecular formula is C21H26N2O. The fourth-order valence-corrected chi connectivity index (χ4v) is 4.33. The van der Waals surface area contributed by atoms with Gasteiger partial charge in [0.25, 0.3) is 0 Å². The Morgan fingerprint density at radius 1 is 0.917 bits per heavy atom. The van der Waals surface area contributed by atoms with Gasteiger partial charge in [-0.2, -0.15) is 0 Å². The minimum Gasteiger partial charge on any atom is -0.495 e. The first-order valence-corrected chi connectivity index (χ1v) is 9.03. The van der Waals surface area contributed by atoms with Gasteiger partial charge in [0.1, 0.15) is 5.75 Å². The first-order chi connectivity index (χ1) is 11.8. The summed E-state index contributed by atoms with van der Waals surface area (Å²) in [4.78, 5) is 5.28. The predicted octanol–water partition coefficient (Wildman–Crippen LogP) is 3.94. The lowest BCUT2D eigenvalue weighted by molar-refractivity contribution is 0.0579. The van der Waals surface area contributed by atoms with Gasteiger partial charge in [-0.3, -0.25) is 4.90 Å². The molecule has 2 aliphatic rings. The molecule has 2 aliphatic heterocycles. The van der Waals surface area contributed by atoms with E-state index < -0.39 is 0 Å². The van der Waals surface area contributed by atoms with Crippen molar-refractivity contribution in [3.63, 3.8) is 0 Å². The van der Waals surface area contributed by atoms with Crippen LogP contribution in [0.3, 0.4) is 0 Å². The highest BCUT2D eigenvalue weighted by atomic mass is 16.5. The van der Waals surface area contributed by atoms with Crippen molar-refractivity contribution < 1.29 is 4.74 Å². The van der Waals surface area contributed by atoms with Crippen molar-refractivity contribution >= 4 is 5.69 Å². The van der Waals surface area contributed by atoms with Gasteiger partial charge in [-0.25, -0.2) is 0 Å². The average Bonchev–Trinajstić information content (AvgIpc) is 2.62. The molecule has 2 aromatic rings. The summed E-state index contributed by atoms with van der Waals surface area (Å²) < 4.78 is 5.59. The van der Waals surface area contributed by atoms with Gasteiger partial charge in [-0.1, -0.05) is 48.9 Å². The molecule has 24 heavy (non-hydrogen) atoms. The Morgan fingerprint density at radius 2 is 1.58 bits per heavy atom. The minimum atomic E-state index is 0.641. The first-order valence-electron chi connectivity index (χ1n) is 9.03. The summed E-state index contributed by atoms with van der Waals surface area (Å²) in [5.74, 6) is 0.993. The third-order valence-corrected chi connectivity index (χ3v) is 5.51. The molecule has 0 radical (unpaired) electrons. The highest BCUT2D eigenvalue weighted by molar-refractivity contribution is 5.59. The van der Waals surface area contributed by atoms with E-state index in [4.69, 9.17) is 4.74 Å². The van der Waals surface area contributed by atoms with Crippen LogP contribution in [0, 0.1) is 0 Å². The molecule has 0 spiro atoms. The van der Waals surface area contributed by atoms with E-state index in [1.165, 1.54) is 30.5 Å². The van der Waals surface area contributed by atoms with E-state index in [9.17, 15) is 0 Å². The van der Waals surface area contributed by atoms with Gasteiger partial charge in [-0.05, 0) is 30.5 Å². The molecule has 2 atom stereocenters. The second kappa shape index (κ2) is 6.86. The number of anilines is 1. The summed E-state index contributed by atoms with van der Waals surface area (Å²) in [6.45, 7) is 3.28. The highest BCUT2D eigenvalue weighted by Gasteiger charge is 2.37. The topological polar surface area (TPSA) is 15.7 Å². The Morgan fingerprint density at radius 3 is 2.29 bits per heavy atom. The quantitative estimate of drug-likeness (QED) is 0.848. The number of methoxy groups -OCH3 is 1. The van der Waals surface area contributed by atoms with Gasteiger partial charge in [0.15, 0.2) is 0 Å². The normalized spacial score (nSPS) is 24.0. The van der Waals surface area contributed by atoms with Crippen molar-refractivity contribution in [2.24, 2.45) is 0 Å². The Kier molecular flexibility index (Phi) is 4.44. The van der Waals surface area contributed by atoms with E-state index >= 15 is 0 Å². The maximum atomic E-state index is 5.59. The van der Waals surface area contributed by atoms with Gasteiger partial charge in [0.2, 0.25) is 0 Å². The molecule has 2 unspecified atom stereocenters. The van der Waals surface area contributed by atoms with Crippen LogP contribution in [0.1, 0.15) is 24.8 Å². The number of rotatable bonds is 4. The van der Waals surface area contributed by atoms with Crippen LogP contribution in [-0.2, 0) is 6.54 Å². The standard InChI is InChI=1S/C21H26N2O/c1-24-21-13-6-5-12-20(21)22-15-18-10-7-11-19(16-22)23(18)14-17-8-3-2-4-9-17/h2-6,8-9,12-13,18-19H,7,10-11,14-16H2,1H3. The van der Waals surface area contributed by atoms with Gasteiger partial charge < -0.3 is 9.64 Å². The zero-order chi connectivity index (χ0) is 16.4. The second-order valence-electron chi connectivity index (χ2n) is 6.97. The van der Waals surface area contributed by atoms with E-state index in [0.717, 1.165) is 25.4 Å². The number of ether oxygens (including phenoxy) is 1. The maximum Gasteiger partial charge on any atom is 0.142 e. The van der Waals surface area contributed by atoms with E-state index in [0.29, 0.717) is 12.1 Å². The van der Waals surface area contributed by atoms with Gasteiger partial charge in [0.05, 0.1) is 12.8 Å². The molecule has 3 heteroatoms. The monoisotopic (exact) mass is 322 g/mol. The Bertz CT molecular complexity index is 659. The largest absolute Gasteiger partial charge is 0.495 e. The molecular weight excluding hydrogens is 296 g/mol. The third-order valence-electron chi connectivity index (χ3n) is 5.51. The van der Waals surface area contributed by atoms with Crippen LogP contribution in [-0.4, -0.2) is 37.2 Å². The lowest BCUT2D eigenvalue weighted by Crippen LogP contribution is -2.60. The summed E-state index contributed by atoms with van der Waals surface area (Å²) in [6, 6.07) is 20.6. The molecule has 126 valence electrons. The minimum absolute atomic E-state index is 0.641. The molecule has 4 rings (SSSR count). The van der Waals surface area contributed by atoms with E-state index in [2.05, 4.69) is 64.4 Å². The maximum absolute atomic E-state index is 5.59. The van der Waals surface area contributed by atoms with Crippen molar-refractivity contribution in [3.05, 3.63) is 60.2 Å². The number of hydrogen-bond donors (Lipinski definition) is 0. The molecule has 0 aliphatic carbocycles. The van der Waals surface area contributed by atoms with Crippen molar-refractivity contribution in [3.8, 4) is 5.75 Å². The summed E-state index contributed by atoms with van der Waals surface area (Å²) in [5, 5.41) is 0. The lowest BCUT2D eigenvalue weighted by atomic mass is 9.90. The van der Waals surface area contributed by atoms with Gasteiger partial charge >= 0.3 is 0 Å². The Balaban J connectivity index is 1.54. The molecule has 2 bridgehead atoms. The van der Waals surface area contributed by atoms with Crippen molar-refractivity contribution in [1.82, 2.24) is 4.90 Å². The van der Waals surface area contributed by atoms with Crippen LogP contribution < -0.4 is 9.64 Å².